The number of phenolic OH excluding ortho intramolecular Hbond substituents is 1. The van der Waals surface area contributed by atoms with Crippen LogP contribution in [0.5, 0.6) is 5.75 Å². The van der Waals surface area contributed by atoms with E-state index >= 15 is 0 Å². The predicted octanol–water partition coefficient (Wildman–Crippen LogP) is 1.93. The first-order valence-electron chi connectivity index (χ1n) is 6.73. The van der Waals surface area contributed by atoms with Gasteiger partial charge in [-0.3, -0.25) is 4.89 Å². The van der Waals surface area contributed by atoms with E-state index in [0.717, 1.165) is 5.56 Å². The molecular weight excluding hydrogens is 290 g/mol. The van der Waals surface area contributed by atoms with Gasteiger partial charge in [-0.2, -0.15) is 4.89 Å². The van der Waals surface area contributed by atoms with Gasteiger partial charge in [0.1, 0.15) is 17.4 Å². The van der Waals surface area contributed by atoms with Gasteiger partial charge in [0.05, 0.1) is 7.11 Å². The van der Waals surface area contributed by atoms with Crippen LogP contribution in [-0.4, -0.2) is 35.9 Å². The van der Waals surface area contributed by atoms with Crippen LogP contribution in [0.1, 0.15) is 26.3 Å². The van der Waals surface area contributed by atoms with Crippen molar-refractivity contribution in [2.75, 3.05) is 7.11 Å². The van der Waals surface area contributed by atoms with Gasteiger partial charge in [-0.1, -0.05) is 12.1 Å². The second-order valence-electron chi connectivity index (χ2n) is 5.64. The molecule has 0 heterocycles. The highest BCUT2D eigenvalue weighted by molar-refractivity contribution is 5.81. The summed E-state index contributed by atoms with van der Waals surface area (Å²) >= 11 is 0. The van der Waals surface area contributed by atoms with Crippen LogP contribution in [0.3, 0.4) is 0 Å². The van der Waals surface area contributed by atoms with Crippen LogP contribution in [0.15, 0.2) is 24.3 Å². The second kappa shape index (κ2) is 7.65. The van der Waals surface area contributed by atoms with Crippen LogP contribution in [0, 0.1) is 0 Å². The maximum absolute atomic E-state index is 11.8. The van der Waals surface area contributed by atoms with Crippen molar-refractivity contribution in [3.63, 3.8) is 0 Å². The molecule has 0 aliphatic heterocycles. The second-order valence-corrected chi connectivity index (χ2v) is 5.64. The van der Waals surface area contributed by atoms with E-state index in [2.05, 4.69) is 15.1 Å². The first kappa shape index (κ1) is 17.8. The summed E-state index contributed by atoms with van der Waals surface area (Å²) < 4.78 is 5.11. The van der Waals surface area contributed by atoms with Crippen molar-refractivity contribution in [2.24, 2.45) is 0 Å². The molecule has 0 saturated heterocycles. The maximum Gasteiger partial charge on any atom is 0.408 e. The number of nitrogens with one attached hydrogen (secondary N) is 1. The molecule has 1 rings (SSSR count). The highest BCUT2D eigenvalue weighted by Crippen LogP contribution is 2.13. The number of alkyl carbamates (subject to hydrolysis) is 1. The van der Waals surface area contributed by atoms with E-state index in [1.165, 1.54) is 19.2 Å². The molecule has 0 aliphatic rings. The third kappa shape index (κ3) is 6.45. The molecule has 1 aromatic rings. The van der Waals surface area contributed by atoms with Crippen molar-refractivity contribution in [3.8, 4) is 5.75 Å². The number of hydrogen-bond acceptors (Lipinski definition) is 6. The van der Waals surface area contributed by atoms with Gasteiger partial charge < -0.3 is 15.2 Å². The van der Waals surface area contributed by atoms with Gasteiger partial charge in [0.2, 0.25) is 0 Å². The van der Waals surface area contributed by atoms with Gasteiger partial charge in [0.15, 0.2) is 0 Å². The SMILES string of the molecule is COOC(=O)[C@H](Cc1ccc(O)cc1)NC(=O)OC(C)(C)C. The smallest absolute Gasteiger partial charge is 0.408 e. The van der Waals surface area contributed by atoms with Crippen LogP contribution in [0.2, 0.25) is 0 Å². The van der Waals surface area contributed by atoms with Gasteiger partial charge >= 0.3 is 12.1 Å². The Morgan fingerprint density at radius 2 is 1.82 bits per heavy atom. The predicted molar refractivity (Wildman–Crippen MR) is 78.1 cm³/mol. The minimum absolute atomic E-state index is 0.111. The molecule has 7 nitrogen and oxygen atoms in total. The van der Waals surface area contributed by atoms with Crippen molar-refractivity contribution >= 4 is 12.1 Å². The Balaban J connectivity index is 2.77. The highest BCUT2D eigenvalue weighted by Gasteiger charge is 2.26. The van der Waals surface area contributed by atoms with Gasteiger partial charge in [0, 0.05) is 6.42 Å². The molecule has 0 aromatic heterocycles. The standard InChI is InChI=1S/C15H21NO6/c1-15(2,3)21-14(19)16-12(13(18)22-20-4)9-10-5-7-11(17)8-6-10/h5-8,12,17H,9H2,1-4H3,(H,16,19)/t12-/m0/s1. The summed E-state index contributed by atoms with van der Waals surface area (Å²) in [4.78, 5) is 32.5. The lowest BCUT2D eigenvalue weighted by molar-refractivity contribution is -0.256. The Labute approximate surface area is 129 Å². The Hall–Kier alpha value is -2.28. The highest BCUT2D eigenvalue weighted by atomic mass is 17.2. The van der Waals surface area contributed by atoms with Gasteiger partial charge in [0.25, 0.3) is 0 Å². The zero-order valence-corrected chi connectivity index (χ0v) is 13.1. The van der Waals surface area contributed by atoms with Crippen molar-refractivity contribution < 1.29 is 29.2 Å². The number of rotatable bonds is 5. The Bertz CT molecular complexity index is 506. The molecule has 0 bridgehead atoms. The Kier molecular flexibility index (Phi) is 6.18. The largest absolute Gasteiger partial charge is 0.508 e. The summed E-state index contributed by atoms with van der Waals surface area (Å²) in [7, 11) is 1.20. The van der Waals surface area contributed by atoms with Gasteiger partial charge in [-0.15, -0.1) is 0 Å². The zero-order valence-electron chi connectivity index (χ0n) is 13.1. The number of carbonyl (C=O) groups is 2. The molecule has 1 amide bonds. The first-order chi connectivity index (χ1) is 10.2. The molecule has 1 aromatic carbocycles. The zero-order chi connectivity index (χ0) is 16.8. The number of hydrogen-bond donors (Lipinski definition) is 2. The molecule has 0 aliphatic carbocycles. The Morgan fingerprint density at radius 1 is 1.23 bits per heavy atom. The normalized spacial score (nSPS) is 12.4. The van der Waals surface area contributed by atoms with E-state index in [-0.39, 0.29) is 12.2 Å². The molecule has 22 heavy (non-hydrogen) atoms. The van der Waals surface area contributed by atoms with Crippen molar-refractivity contribution in [2.45, 2.75) is 38.8 Å². The van der Waals surface area contributed by atoms with Crippen molar-refractivity contribution in [3.05, 3.63) is 29.8 Å². The summed E-state index contributed by atoms with van der Waals surface area (Å²) in [6, 6.07) is 5.28. The quantitative estimate of drug-likeness (QED) is 0.637. The van der Waals surface area contributed by atoms with E-state index in [4.69, 9.17) is 4.74 Å². The molecule has 0 unspecified atom stereocenters. The molecule has 122 valence electrons. The number of amides is 1. The van der Waals surface area contributed by atoms with Crippen LogP contribution in [-0.2, 0) is 25.7 Å². The summed E-state index contributed by atoms with van der Waals surface area (Å²) in [6.45, 7) is 5.15. The fraction of sp³-hybridized carbons (Fsp3) is 0.467. The molecule has 0 saturated carbocycles. The number of carbonyl (C=O) groups excluding carboxylic acids is 2. The van der Waals surface area contributed by atoms with Crippen LogP contribution in [0.25, 0.3) is 0 Å². The average molecular weight is 311 g/mol. The fourth-order valence-electron chi connectivity index (χ4n) is 1.65. The van der Waals surface area contributed by atoms with Crippen LogP contribution < -0.4 is 5.32 Å². The van der Waals surface area contributed by atoms with E-state index < -0.39 is 23.7 Å². The van der Waals surface area contributed by atoms with Gasteiger partial charge in [-0.05, 0) is 38.5 Å². The fourth-order valence-corrected chi connectivity index (χ4v) is 1.65. The number of benzene rings is 1. The Morgan fingerprint density at radius 3 is 2.32 bits per heavy atom. The summed E-state index contributed by atoms with van der Waals surface area (Å²) in [5.74, 6) is -0.638. The number of phenols is 1. The number of aromatic hydroxyl groups is 1. The molecule has 0 spiro atoms. The molecular formula is C15H21NO6. The van der Waals surface area contributed by atoms with Crippen molar-refractivity contribution in [1.29, 1.82) is 0 Å². The monoisotopic (exact) mass is 311 g/mol. The van der Waals surface area contributed by atoms with E-state index in [1.807, 2.05) is 0 Å². The van der Waals surface area contributed by atoms with Crippen LogP contribution in [0.4, 0.5) is 4.79 Å². The molecule has 1 atom stereocenters. The third-order valence-corrected chi connectivity index (χ3v) is 2.52. The molecule has 2 N–H and O–H groups in total. The lowest BCUT2D eigenvalue weighted by Crippen LogP contribution is -2.45. The molecule has 0 radical (unpaired) electrons. The van der Waals surface area contributed by atoms with Crippen LogP contribution >= 0.6 is 0 Å². The third-order valence-electron chi connectivity index (χ3n) is 2.52. The van der Waals surface area contributed by atoms with E-state index in [0.29, 0.717) is 0 Å². The summed E-state index contributed by atoms with van der Waals surface area (Å²) in [5, 5.41) is 11.7. The topological polar surface area (TPSA) is 94.1 Å². The average Bonchev–Trinajstić information content (AvgIpc) is 2.38. The molecule has 0 fully saturated rings. The summed E-state index contributed by atoms with van der Waals surface area (Å²) in [6.07, 6.45) is -0.564. The van der Waals surface area contributed by atoms with E-state index in [1.54, 1.807) is 32.9 Å². The minimum Gasteiger partial charge on any atom is -0.508 e. The minimum atomic E-state index is -0.973. The van der Waals surface area contributed by atoms with Crippen molar-refractivity contribution in [1.82, 2.24) is 5.32 Å². The lowest BCUT2D eigenvalue weighted by atomic mass is 10.1. The lowest BCUT2D eigenvalue weighted by Gasteiger charge is -2.22. The van der Waals surface area contributed by atoms with Gasteiger partial charge in [-0.25, -0.2) is 9.59 Å². The molecule has 7 heteroatoms. The number of ether oxygens (including phenoxy) is 1. The summed E-state index contributed by atoms with van der Waals surface area (Å²) in [5.41, 5.74) is 0.0464. The maximum atomic E-state index is 11.8. The first-order valence-corrected chi connectivity index (χ1v) is 6.73. The van der Waals surface area contributed by atoms with E-state index in [9.17, 15) is 14.7 Å².